The van der Waals surface area contributed by atoms with Crippen molar-refractivity contribution in [2.75, 3.05) is 0 Å². The van der Waals surface area contributed by atoms with Crippen molar-refractivity contribution in [1.29, 1.82) is 0 Å². The number of hydrogen-bond acceptors (Lipinski definition) is 2. The van der Waals surface area contributed by atoms with Crippen LogP contribution >= 0.6 is 23.2 Å². The first kappa shape index (κ1) is 13.4. The summed E-state index contributed by atoms with van der Waals surface area (Å²) < 4.78 is -1.26. The molecule has 3 nitrogen and oxygen atoms in total. The second-order valence-electron chi connectivity index (χ2n) is 4.89. The van der Waals surface area contributed by atoms with Crippen LogP contribution in [-0.2, 0) is 10.2 Å². The number of nitrogens with zero attached hydrogens (tertiary/aromatic N) is 1. The van der Waals surface area contributed by atoms with Crippen LogP contribution in [0.25, 0.3) is 11.3 Å². The van der Waals surface area contributed by atoms with Gasteiger partial charge in [-0.2, -0.15) is 0 Å². The number of carbonyl (C=O) groups is 1. The zero-order valence-corrected chi connectivity index (χ0v) is 11.9. The second kappa shape index (κ2) is 4.47. The van der Waals surface area contributed by atoms with Crippen molar-refractivity contribution < 1.29 is 9.90 Å². The molecule has 2 aromatic rings. The van der Waals surface area contributed by atoms with E-state index in [4.69, 9.17) is 23.2 Å². The molecule has 0 bridgehead atoms. The van der Waals surface area contributed by atoms with Gasteiger partial charge in [-0.15, -0.1) is 0 Å². The van der Waals surface area contributed by atoms with Crippen LogP contribution in [0.15, 0.2) is 48.7 Å². The van der Waals surface area contributed by atoms with Crippen molar-refractivity contribution in [3.05, 3.63) is 54.2 Å². The first-order valence-electron chi connectivity index (χ1n) is 6.10. The largest absolute Gasteiger partial charge is 0.480 e. The Morgan fingerprint density at radius 2 is 1.80 bits per heavy atom. The van der Waals surface area contributed by atoms with E-state index in [9.17, 15) is 9.90 Å². The van der Waals surface area contributed by atoms with Crippen molar-refractivity contribution in [3.8, 4) is 11.3 Å². The van der Waals surface area contributed by atoms with Gasteiger partial charge in [0.15, 0.2) is 0 Å². The summed E-state index contributed by atoms with van der Waals surface area (Å²) in [5.41, 5.74) is 1.06. The summed E-state index contributed by atoms with van der Waals surface area (Å²) in [7, 11) is 0. The zero-order chi connectivity index (χ0) is 14.4. The minimum absolute atomic E-state index is 0.199. The molecular formula is C15H11Cl2NO2. The summed E-state index contributed by atoms with van der Waals surface area (Å²) in [6, 6.07) is 13.2. The van der Waals surface area contributed by atoms with E-state index in [-0.39, 0.29) is 6.42 Å². The zero-order valence-electron chi connectivity index (χ0n) is 10.4. The van der Waals surface area contributed by atoms with Crippen molar-refractivity contribution in [1.82, 2.24) is 4.98 Å². The number of carboxylic acids is 1. The van der Waals surface area contributed by atoms with E-state index in [1.807, 2.05) is 30.3 Å². The van der Waals surface area contributed by atoms with Crippen molar-refractivity contribution in [3.63, 3.8) is 0 Å². The maximum Gasteiger partial charge on any atom is 0.317 e. The number of pyridine rings is 1. The fourth-order valence-electron chi connectivity index (χ4n) is 2.38. The average molecular weight is 308 g/mol. The Morgan fingerprint density at radius 1 is 1.15 bits per heavy atom. The Balaban J connectivity index is 1.97. The molecule has 0 saturated heterocycles. The average Bonchev–Trinajstić information content (AvgIpc) is 3.05. The number of carboxylic acid groups (broad SMARTS) is 1. The number of alkyl halides is 2. The molecule has 0 aliphatic heterocycles. The van der Waals surface area contributed by atoms with Crippen molar-refractivity contribution in [2.45, 2.75) is 16.2 Å². The standard InChI is InChI=1S/C15H11Cl2NO2/c16-15(17)9-14(15,13(19)20)11-6-7-12(18-8-11)10-4-2-1-3-5-10/h1-8H,9H2,(H,19,20). The van der Waals surface area contributed by atoms with E-state index in [0.29, 0.717) is 5.56 Å². The maximum atomic E-state index is 11.5. The first-order valence-corrected chi connectivity index (χ1v) is 6.86. The smallest absolute Gasteiger partial charge is 0.317 e. The lowest BCUT2D eigenvalue weighted by Gasteiger charge is -2.13. The highest BCUT2D eigenvalue weighted by Gasteiger charge is 2.73. The van der Waals surface area contributed by atoms with Gasteiger partial charge in [-0.3, -0.25) is 9.78 Å². The third-order valence-corrected chi connectivity index (χ3v) is 4.59. The topological polar surface area (TPSA) is 50.2 Å². The number of rotatable bonds is 3. The molecule has 102 valence electrons. The summed E-state index contributed by atoms with van der Waals surface area (Å²) in [6.07, 6.45) is 1.74. The van der Waals surface area contributed by atoms with Crippen LogP contribution < -0.4 is 0 Å². The molecule has 3 rings (SSSR count). The molecule has 20 heavy (non-hydrogen) atoms. The lowest BCUT2D eigenvalue weighted by Crippen LogP contribution is -2.26. The Bertz CT molecular complexity index is 655. The predicted octanol–water partition coefficient (Wildman–Crippen LogP) is 3.65. The number of halogens is 2. The van der Waals surface area contributed by atoms with Crippen LogP contribution in [0.1, 0.15) is 12.0 Å². The van der Waals surface area contributed by atoms with Crippen LogP contribution in [0.3, 0.4) is 0 Å². The van der Waals surface area contributed by atoms with Gasteiger partial charge in [0, 0.05) is 18.2 Å². The Kier molecular flexibility index (Phi) is 3.00. The molecule has 1 saturated carbocycles. The van der Waals surface area contributed by atoms with E-state index in [0.717, 1.165) is 11.3 Å². The second-order valence-corrected chi connectivity index (χ2v) is 6.37. The molecule has 1 aliphatic carbocycles. The highest BCUT2D eigenvalue weighted by atomic mass is 35.5. The van der Waals surface area contributed by atoms with Gasteiger partial charge in [0.2, 0.25) is 0 Å². The summed E-state index contributed by atoms with van der Waals surface area (Å²) >= 11 is 12.0. The molecule has 5 heteroatoms. The van der Waals surface area contributed by atoms with Gasteiger partial charge in [-0.1, -0.05) is 59.6 Å². The van der Waals surface area contributed by atoms with Crippen LogP contribution in [0.2, 0.25) is 0 Å². The summed E-state index contributed by atoms with van der Waals surface area (Å²) in [5, 5.41) is 9.38. The van der Waals surface area contributed by atoms with Gasteiger partial charge in [-0.05, 0) is 11.6 Å². The molecule has 1 atom stereocenters. The fourth-order valence-corrected chi connectivity index (χ4v) is 3.16. The molecule has 0 spiro atoms. The summed E-state index contributed by atoms with van der Waals surface area (Å²) in [4.78, 5) is 15.8. The molecule has 1 aliphatic rings. The number of benzene rings is 1. The van der Waals surface area contributed by atoms with Crippen LogP contribution in [0, 0.1) is 0 Å². The Hall–Kier alpha value is -1.58. The van der Waals surface area contributed by atoms with E-state index >= 15 is 0 Å². The maximum absolute atomic E-state index is 11.5. The van der Waals surface area contributed by atoms with Gasteiger partial charge in [0.25, 0.3) is 0 Å². The van der Waals surface area contributed by atoms with Gasteiger partial charge in [-0.25, -0.2) is 0 Å². The minimum atomic E-state index is -1.26. The monoisotopic (exact) mass is 307 g/mol. The van der Waals surface area contributed by atoms with E-state index in [2.05, 4.69) is 4.98 Å². The van der Waals surface area contributed by atoms with Crippen LogP contribution in [-0.4, -0.2) is 20.4 Å². The molecule has 1 N–H and O–H groups in total. The minimum Gasteiger partial charge on any atom is -0.480 e. The van der Waals surface area contributed by atoms with Gasteiger partial charge >= 0.3 is 5.97 Å². The quantitative estimate of drug-likeness (QED) is 0.881. The summed E-state index contributed by atoms with van der Waals surface area (Å²) in [5.74, 6) is -1.02. The van der Waals surface area contributed by atoms with E-state index < -0.39 is 15.7 Å². The molecule has 1 unspecified atom stereocenters. The highest BCUT2D eigenvalue weighted by Crippen LogP contribution is 2.64. The Morgan fingerprint density at radius 3 is 2.25 bits per heavy atom. The van der Waals surface area contributed by atoms with E-state index in [1.54, 1.807) is 18.3 Å². The lowest BCUT2D eigenvalue weighted by atomic mass is 9.97. The third-order valence-electron chi connectivity index (χ3n) is 3.68. The summed E-state index contributed by atoms with van der Waals surface area (Å²) in [6.45, 7) is 0. The molecule has 1 heterocycles. The molecule has 0 amide bonds. The molecule has 1 fully saturated rings. The lowest BCUT2D eigenvalue weighted by molar-refractivity contribution is -0.140. The van der Waals surface area contributed by atoms with Crippen molar-refractivity contribution in [2.24, 2.45) is 0 Å². The normalized spacial score (nSPS) is 23.3. The van der Waals surface area contributed by atoms with E-state index in [1.165, 1.54) is 0 Å². The number of aliphatic carboxylic acids is 1. The third kappa shape index (κ3) is 1.89. The van der Waals surface area contributed by atoms with Crippen molar-refractivity contribution >= 4 is 29.2 Å². The molecule has 1 aromatic heterocycles. The fraction of sp³-hybridized carbons (Fsp3) is 0.200. The van der Waals surface area contributed by atoms with Gasteiger partial charge < -0.3 is 5.11 Å². The van der Waals surface area contributed by atoms with Gasteiger partial charge in [0.05, 0.1) is 5.69 Å². The number of hydrogen-bond donors (Lipinski definition) is 1. The number of aromatic nitrogens is 1. The predicted molar refractivity (Wildman–Crippen MR) is 78.0 cm³/mol. The highest BCUT2D eigenvalue weighted by molar-refractivity contribution is 6.54. The Labute approximate surface area is 126 Å². The SMILES string of the molecule is O=C(O)C1(c2ccc(-c3ccccc3)nc2)CC1(Cl)Cl. The molecule has 0 radical (unpaired) electrons. The molecule has 1 aromatic carbocycles. The van der Waals surface area contributed by atoms with Crippen LogP contribution in [0.4, 0.5) is 0 Å². The van der Waals surface area contributed by atoms with Crippen LogP contribution in [0.5, 0.6) is 0 Å². The molecular weight excluding hydrogens is 297 g/mol. The van der Waals surface area contributed by atoms with Gasteiger partial charge in [0.1, 0.15) is 9.75 Å². The first-order chi connectivity index (χ1) is 9.47.